The molecule has 168 valence electrons. The van der Waals surface area contributed by atoms with Crippen LogP contribution < -0.4 is 4.74 Å². The second-order valence-electron chi connectivity index (χ2n) is 8.83. The first kappa shape index (κ1) is 21.3. The molecular weight excluding hydrogens is 408 g/mol. The number of hydrogen-bond donors (Lipinski definition) is 1. The number of ether oxygens (including phenoxy) is 1. The highest BCUT2D eigenvalue weighted by Crippen LogP contribution is 2.35. The van der Waals surface area contributed by atoms with Crippen LogP contribution in [0.15, 0.2) is 85.1 Å². The second-order valence-corrected chi connectivity index (χ2v) is 8.83. The highest BCUT2D eigenvalue weighted by Gasteiger charge is 2.25. The van der Waals surface area contributed by atoms with Crippen LogP contribution in [0.5, 0.6) is 5.75 Å². The molecule has 1 aromatic heterocycles. The number of nitrogens with zero attached hydrogens (tertiary/aromatic N) is 1. The topological polar surface area (TPSA) is 45.3 Å². The van der Waals surface area contributed by atoms with Crippen molar-refractivity contribution < 1.29 is 9.53 Å². The van der Waals surface area contributed by atoms with Gasteiger partial charge in [0, 0.05) is 42.5 Å². The van der Waals surface area contributed by atoms with Crippen molar-refractivity contribution in [2.75, 3.05) is 13.1 Å². The van der Waals surface area contributed by atoms with Crippen LogP contribution in [-0.2, 0) is 11.4 Å². The Morgan fingerprint density at radius 1 is 0.909 bits per heavy atom. The number of hydrogen-bond acceptors (Lipinski definition) is 2. The molecule has 1 N–H and O–H groups in total. The SMILES string of the molecule is O=C(CC(c1cccc(OCc2ccccc2)c1)c1c[nH]c2ccccc12)N1CCCCC1. The number of nitrogens with one attached hydrogen (secondary N) is 1. The van der Waals surface area contributed by atoms with Gasteiger partial charge in [-0.3, -0.25) is 4.79 Å². The number of fused-ring (bicyclic) bond motifs is 1. The van der Waals surface area contributed by atoms with Crippen LogP contribution in [0.2, 0.25) is 0 Å². The van der Waals surface area contributed by atoms with Gasteiger partial charge in [0.1, 0.15) is 12.4 Å². The zero-order valence-corrected chi connectivity index (χ0v) is 18.9. The van der Waals surface area contributed by atoms with Crippen LogP contribution in [0.4, 0.5) is 0 Å². The number of aromatic amines is 1. The maximum atomic E-state index is 13.3. The van der Waals surface area contributed by atoms with Crippen molar-refractivity contribution in [2.45, 2.75) is 38.2 Å². The molecule has 1 saturated heterocycles. The van der Waals surface area contributed by atoms with E-state index >= 15 is 0 Å². The summed E-state index contributed by atoms with van der Waals surface area (Å²) < 4.78 is 6.11. The van der Waals surface area contributed by atoms with Crippen molar-refractivity contribution >= 4 is 16.8 Å². The number of aromatic nitrogens is 1. The second kappa shape index (κ2) is 9.95. The average Bonchev–Trinajstić information content (AvgIpc) is 3.31. The van der Waals surface area contributed by atoms with Crippen molar-refractivity contribution in [3.8, 4) is 5.75 Å². The number of para-hydroxylation sites is 1. The summed E-state index contributed by atoms with van der Waals surface area (Å²) in [6, 6.07) is 26.7. The fourth-order valence-electron chi connectivity index (χ4n) is 4.80. The Morgan fingerprint density at radius 3 is 2.55 bits per heavy atom. The van der Waals surface area contributed by atoms with Crippen molar-refractivity contribution in [3.63, 3.8) is 0 Å². The molecule has 2 heterocycles. The molecule has 1 aliphatic heterocycles. The molecule has 3 aromatic carbocycles. The number of benzene rings is 3. The lowest BCUT2D eigenvalue weighted by atomic mass is 9.87. The van der Waals surface area contributed by atoms with Crippen LogP contribution in [0.25, 0.3) is 10.9 Å². The average molecular weight is 439 g/mol. The molecule has 0 aliphatic carbocycles. The molecular formula is C29H30N2O2. The Bertz CT molecular complexity index is 1210. The molecule has 0 saturated carbocycles. The molecule has 4 heteroatoms. The summed E-state index contributed by atoms with van der Waals surface area (Å²) in [4.78, 5) is 18.7. The van der Waals surface area contributed by atoms with E-state index < -0.39 is 0 Å². The molecule has 33 heavy (non-hydrogen) atoms. The molecule has 1 aliphatic rings. The van der Waals surface area contributed by atoms with Gasteiger partial charge >= 0.3 is 0 Å². The van der Waals surface area contributed by atoms with E-state index in [4.69, 9.17) is 4.74 Å². The Balaban J connectivity index is 1.44. The van der Waals surface area contributed by atoms with Gasteiger partial charge in [-0.05, 0) is 54.2 Å². The smallest absolute Gasteiger partial charge is 0.223 e. The minimum Gasteiger partial charge on any atom is -0.489 e. The van der Waals surface area contributed by atoms with Crippen LogP contribution >= 0.6 is 0 Å². The summed E-state index contributed by atoms with van der Waals surface area (Å²) in [5.41, 5.74) is 4.50. The molecule has 0 spiro atoms. The summed E-state index contributed by atoms with van der Waals surface area (Å²) in [6.07, 6.45) is 5.95. The number of H-pyrrole nitrogens is 1. The van der Waals surface area contributed by atoms with Crippen LogP contribution in [0, 0.1) is 0 Å². The normalized spacial score (nSPS) is 14.8. The zero-order chi connectivity index (χ0) is 22.5. The number of likely N-dealkylation sites (tertiary alicyclic amines) is 1. The number of piperidine rings is 1. The third-order valence-electron chi connectivity index (χ3n) is 6.59. The van der Waals surface area contributed by atoms with Gasteiger partial charge in [0.2, 0.25) is 5.91 Å². The number of rotatable bonds is 7. The van der Waals surface area contributed by atoms with Crippen LogP contribution in [0.1, 0.15) is 48.3 Å². The van der Waals surface area contributed by atoms with E-state index in [1.807, 2.05) is 41.3 Å². The van der Waals surface area contributed by atoms with Crippen LogP contribution in [0.3, 0.4) is 0 Å². The first-order valence-corrected chi connectivity index (χ1v) is 11.9. The highest BCUT2D eigenvalue weighted by molar-refractivity contribution is 5.86. The summed E-state index contributed by atoms with van der Waals surface area (Å²) >= 11 is 0. The minimum atomic E-state index is -0.0316. The van der Waals surface area contributed by atoms with Crippen molar-refractivity contribution in [2.24, 2.45) is 0 Å². The molecule has 5 rings (SSSR count). The van der Waals surface area contributed by atoms with Gasteiger partial charge in [0.05, 0.1) is 0 Å². The summed E-state index contributed by atoms with van der Waals surface area (Å²) in [6.45, 7) is 2.27. The third-order valence-corrected chi connectivity index (χ3v) is 6.59. The molecule has 4 nitrogen and oxygen atoms in total. The van der Waals surface area contributed by atoms with E-state index in [1.165, 1.54) is 11.8 Å². The van der Waals surface area contributed by atoms with Gasteiger partial charge in [0.15, 0.2) is 0 Å². The van der Waals surface area contributed by atoms with E-state index in [2.05, 4.69) is 53.6 Å². The molecule has 1 amide bonds. The number of carbonyl (C=O) groups is 1. The van der Waals surface area contributed by atoms with Crippen molar-refractivity contribution in [1.82, 2.24) is 9.88 Å². The molecule has 0 radical (unpaired) electrons. The monoisotopic (exact) mass is 438 g/mol. The zero-order valence-electron chi connectivity index (χ0n) is 18.9. The predicted molar refractivity (Wildman–Crippen MR) is 132 cm³/mol. The van der Waals surface area contributed by atoms with Crippen molar-refractivity contribution in [3.05, 3.63) is 102 Å². The maximum Gasteiger partial charge on any atom is 0.223 e. The van der Waals surface area contributed by atoms with E-state index in [1.54, 1.807) is 0 Å². The maximum absolute atomic E-state index is 13.3. The summed E-state index contributed by atoms with van der Waals surface area (Å²) in [5.74, 6) is 1.03. The van der Waals surface area contributed by atoms with E-state index in [-0.39, 0.29) is 11.8 Å². The lowest BCUT2D eigenvalue weighted by molar-refractivity contribution is -0.132. The molecule has 1 fully saturated rings. The fraction of sp³-hybridized carbons (Fsp3) is 0.276. The summed E-state index contributed by atoms with van der Waals surface area (Å²) in [7, 11) is 0. The third kappa shape index (κ3) is 4.95. The quantitative estimate of drug-likeness (QED) is 0.369. The lowest BCUT2D eigenvalue weighted by Gasteiger charge is -2.28. The largest absolute Gasteiger partial charge is 0.489 e. The van der Waals surface area contributed by atoms with E-state index in [0.29, 0.717) is 13.0 Å². The lowest BCUT2D eigenvalue weighted by Crippen LogP contribution is -2.36. The Labute approximate surface area is 195 Å². The Hall–Kier alpha value is -3.53. The van der Waals surface area contributed by atoms with E-state index in [9.17, 15) is 4.79 Å². The molecule has 0 bridgehead atoms. The predicted octanol–water partition coefficient (Wildman–Crippen LogP) is 6.28. The number of carbonyl (C=O) groups excluding carboxylic acids is 1. The first-order chi connectivity index (χ1) is 16.3. The first-order valence-electron chi connectivity index (χ1n) is 11.9. The fourth-order valence-corrected chi connectivity index (χ4v) is 4.80. The minimum absolute atomic E-state index is 0.0316. The van der Waals surface area contributed by atoms with Gasteiger partial charge in [-0.25, -0.2) is 0 Å². The molecule has 1 unspecified atom stereocenters. The highest BCUT2D eigenvalue weighted by atomic mass is 16.5. The standard InChI is InChI=1S/C29H30N2O2/c32-29(31-16-7-2-8-17-31)19-26(27-20-30-28-15-6-5-14-25(27)28)23-12-9-13-24(18-23)33-21-22-10-3-1-4-11-22/h1,3-6,9-15,18,20,26,30H,2,7-8,16-17,19,21H2. The van der Waals surface area contributed by atoms with Gasteiger partial charge < -0.3 is 14.6 Å². The van der Waals surface area contributed by atoms with Gasteiger partial charge in [-0.1, -0.05) is 60.7 Å². The van der Waals surface area contributed by atoms with Gasteiger partial charge in [-0.15, -0.1) is 0 Å². The Kier molecular flexibility index (Phi) is 6.43. The van der Waals surface area contributed by atoms with E-state index in [0.717, 1.165) is 53.9 Å². The molecule has 1 atom stereocenters. The van der Waals surface area contributed by atoms with Crippen molar-refractivity contribution in [1.29, 1.82) is 0 Å². The van der Waals surface area contributed by atoms with Gasteiger partial charge in [-0.2, -0.15) is 0 Å². The number of amides is 1. The molecule has 4 aromatic rings. The summed E-state index contributed by atoms with van der Waals surface area (Å²) in [5, 5.41) is 1.17. The van der Waals surface area contributed by atoms with Crippen LogP contribution in [-0.4, -0.2) is 28.9 Å². The Morgan fingerprint density at radius 2 is 1.70 bits per heavy atom. The van der Waals surface area contributed by atoms with Gasteiger partial charge in [0.25, 0.3) is 0 Å².